The van der Waals surface area contributed by atoms with Crippen LogP contribution in [0.4, 0.5) is 0 Å². The van der Waals surface area contributed by atoms with E-state index in [1.165, 1.54) is 18.6 Å². The summed E-state index contributed by atoms with van der Waals surface area (Å²) in [5.74, 6) is -4.84. The second-order valence-corrected chi connectivity index (χ2v) is 9.59. The molecule has 0 saturated carbocycles. The summed E-state index contributed by atoms with van der Waals surface area (Å²) in [7, 11) is 0. The van der Waals surface area contributed by atoms with Gasteiger partial charge in [-0.15, -0.1) is 0 Å². The quantitative estimate of drug-likeness (QED) is 0.225. The molecule has 0 fully saturated rings. The molecule has 0 saturated heterocycles. The average molecular weight is 628 g/mol. The van der Waals surface area contributed by atoms with E-state index in [2.05, 4.69) is 93.0 Å². The molecule has 7 aromatic rings. The fourth-order valence-electron chi connectivity index (χ4n) is 4.59. The molecule has 222 valence electrons. The van der Waals surface area contributed by atoms with Gasteiger partial charge in [0.15, 0.2) is 52.2 Å². The fraction of sp³-hybridized carbons (Fsp3) is 0.111. The number of imidazole rings is 3. The summed E-state index contributed by atoms with van der Waals surface area (Å²) >= 11 is 0. The minimum atomic E-state index is -1.32. The zero-order valence-corrected chi connectivity index (χ0v) is 23.5. The summed E-state index contributed by atoms with van der Waals surface area (Å²) < 4.78 is 0. The summed E-state index contributed by atoms with van der Waals surface area (Å²) in [5, 5.41) is 58.5. The fourth-order valence-corrected chi connectivity index (χ4v) is 4.59. The van der Waals surface area contributed by atoms with Crippen molar-refractivity contribution < 1.29 is 0 Å². The highest BCUT2D eigenvalue weighted by molar-refractivity contribution is 5.71. The molecule has 0 bridgehead atoms. The van der Waals surface area contributed by atoms with Crippen molar-refractivity contribution in [1.29, 1.82) is 31.6 Å². The van der Waals surface area contributed by atoms with Crippen molar-refractivity contribution >= 4 is 33.5 Å². The van der Waals surface area contributed by atoms with E-state index in [0.29, 0.717) is 11.0 Å². The Morgan fingerprint density at radius 2 is 0.875 bits per heavy atom. The SMILES string of the molecule is N#Cc1ncc2[nH]c(C(C#N)c3nc(C(C#N)c4nc5nc(C#N)ncc5[nH]4)nc(C(C#N)c4nc5cnc(C#N)nc5[nH]4)n3)nc2n1. The summed E-state index contributed by atoms with van der Waals surface area (Å²) in [6, 6.07) is 11.7. The van der Waals surface area contributed by atoms with E-state index in [1.54, 1.807) is 0 Å². The van der Waals surface area contributed by atoms with Gasteiger partial charge in [-0.1, -0.05) is 0 Å². The molecular weight excluding hydrogens is 618 g/mol. The topological polar surface area (TPSA) is 345 Å². The first-order valence-corrected chi connectivity index (χ1v) is 13.3. The average Bonchev–Trinajstić information content (AvgIpc) is 3.84. The minimum Gasteiger partial charge on any atom is -0.338 e. The largest absolute Gasteiger partial charge is 0.338 e. The van der Waals surface area contributed by atoms with Crippen LogP contribution in [0.5, 0.6) is 0 Å². The molecule has 3 atom stereocenters. The van der Waals surface area contributed by atoms with E-state index in [4.69, 9.17) is 0 Å². The summed E-state index contributed by atoms with van der Waals surface area (Å²) in [6.45, 7) is 0. The van der Waals surface area contributed by atoms with E-state index in [-0.39, 0.29) is 74.9 Å². The van der Waals surface area contributed by atoms with Crippen LogP contribution in [0.25, 0.3) is 33.5 Å². The first-order valence-electron chi connectivity index (χ1n) is 13.3. The van der Waals surface area contributed by atoms with Crippen LogP contribution in [-0.2, 0) is 0 Å². The third-order valence-electron chi connectivity index (χ3n) is 6.74. The van der Waals surface area contributed by atoms with Crippen LogP contribution in [0.15, 0.2) is 18.6 Å². The number of nitriles is 6. The van der Waals surface area contributed by atoms with E-state index in [9.17, 15) is 31.6 Å². The smallest absolute Gasteiger partial charge is 0.234 e. The molecule has 3 N–H and O–H groups in total. The molecule has 7 heterocycles. The monoisotopic (exact) mass is 627 g/mol. The van der Waals surface area contributed by atoms with Crippen LogP contribution in [0.3, 0.4) is 0 Å². The first-order chi connectivity index (χ1) is 23.4. The van der Waals surface area contributed by atoms with Crippen molar-refractivity contribution in [2.45, 2.75) is 17.8 Å². The Morgan fingerprint density at radius 3 is 1.31 bits per heavy atom. The zero-order valence-electron chi connectivity index (χ0n) is 23.5. The van der Waals surface area contributed by atoms with Crippen LogP contribution in [0.1, 0.15) is 70.2 Å². The van der Waals surface area contributed by atoms with Gasteiger partial charge >= 0.3 is 0 Å². The van der Waals surface area contributed by atoms with Gasteiger partial charge in [0.2, 0.25) is 17.5 Å². The lowest BCUT2D eigenvalue weighted by Crippen LogP contribution is -2.18. The summed E-state index contributed by atoms with van der Waals surface area (Å²) in [4.78, 5) is 58.9. The third kappa shape index (κ3) is 4.78. The first kappa shape index (κ1) is 28.4. The molecule has 3 unspecified atom stereocenters. The zero-order chi connectivity index (χ0) is 33.4. The second-order valence-electron chi connectivity index (χ2n) is 9.59. The molecule has 7 rings (SSSR count). The van der Waals surface area contributed by atoms with Crippen molar-refractivity contribution in [2.24, 2.45) is 0 Å². The van der Waals surface area contributed by atoms with Gasteiger partial charge in [0, 0.05) is 0 Å². The molecule has 0 aliphatic rings. The van der Waals surface area contributed by atoms with Crippen LogP contribution in [-0.4, -0.2) is 74.8 Å². The molecule has 7 aromatic heterocycles. The van der Waals surface area contributed by atoms with E-state index >= 15 is 0 Å². The maximum absolute atomic E-state index is 10.3. The van der Waals surface area contributed by atoms with Crippen molar-refractivity contribution in [3.63, 3.8) is 0 Å². The molecule has 21 heteroatoms. The van der Waals surface area contributed by atoms with Crippen LogP contribution in [0, 0.1) is 68.0 Å². The maximum Gasteiger partial charge on any atom is 0.234 e. The van der Waals surface area contributed by atoms with Gasteiger partial charge < -0.3 is 15.0 Å². The highest BCUT2D eigenvalue weighted by atomic mass is 15.1. The van der Waals surface area contributed by atoms with Crippen molar-refractivity contribution in [1.82, 2.24) is 74.8 Å². The van der Waals surface area contributed by atoms with Gasteiger partial charge in [-0.2, -0.15) is 46.5 Å². The number of aromatic nitrogens is 15. The van der Waals surface area contributed by atoms with E-state index in [1.807, 2.05) is 18.2 Å². The van der Waals surface area contributed by atoms with Crippen LogP contribution in [0.2, 0.25) is 0 Å². The molecule has 21 nitrogen and oxygen atoms in total. The molecule has 0 spiro atoms. The Morgan fingerprint density at radius 1 is 0.458 bits per heavy atom. The Bertz CT molecular complexity index is 2390. The molecule has 0 radical (unpaired) electrons. The number of hydrogen-bond acceptors (Lipinski definition) is 18. The lowest BCUT2D eigenvalue weighted by molar-refractivity contribution is 0.706. The molecule has 0 aliphatic carbocycles. The van der Waals surface area contributed by atoms with Gasteiger partial charge in [0.1, 0.15) is 52.2 Å². The number of nitrogens with one attached hydrogen (secondary N) is 3. The number of fused-ring (bicyclic) bond motifs is 3. The van der Waals surface area contributed by atoms with Crippen molar-refractivity contribution in [2.75, 3.05) is 0 Å². The summed E-state index contributed by atoms with van der Waals surface area (Å²) in [6.07, 6.45) is 3.97. The highest BCUT2D eigenvalue weighted by Gasteiger charge is 2.31. The van der Waals surface area contributed by atoms with Gasteiger partial charge in [-0.05, 0) is 0 Å². The van der Waals surface area contributed by atoms with Crippen LogP contribution < -0.4 is 0 Å². The Balaban J connectivity index is 1.40. The third-order valence-corrected chi connectivity index (χ3v) is 6.74. The Labute approximate surface area is 265 Å². The van der Waals surface area contributed by atoms with E-state index < -0.39 is 17.8 Å². The lowest BCUT2D eigenvalue weighted by atomic mass is 10.1. The molecule has 0 aromatic carbocycles. The van der Waals surface area contributed by atoms with Gasteiger partial charge in [0.25, 0.3) is 0 Å². The predicted molar refractivity (Wildman–Crippen MR) is 151 cm³/mol. The summed E-state index contributed by atoms with van der Waals surface area (Å²) in [5.41, 5.74) is 1.29. The predicted octanol–water partition coefficient (Wildman–Crippen LogP) is 0.452. The second kappa shape index (κ2) is 11.3. The number of nitrogens with zero attached hydrogens (tertiary/aromatic N) is 18. The number of hydrogen-bond donors (Lipinski definition) is 3. The van der Waals surface area contributed by atoms with Crippen molar-refractivity contribution in [3.05, 3.63) is 71.0 Å². The lowest BCUT2D eigenvalue weighted by Gasteiger charge is -2.13. The number of aromatic amines is 3. The molecule has 0 amide bonds. The van der Waals surface area contributed by atoms with Gasteiger partial charge in [-0.25, -0.2) is 44.9 Å². The molecular formula is C27H9N21. The minimum absolute atomic E-state index is 0.0353. The normalized spacial score (nSPS) is 12.6. The Kier molecular flexibility index (Phi) is 6.66. The number of H-pyrrole nitrogens is 3. The molecule has 48 heavy (non-hydrogen) atoms. The number of rotatable bonds is 6. The van der Waals surface area contributed by atoms with Gasteiger partial charge in [0.05, 0.1) is 36.8 Å². The Hall–Kier alpha value is -8.40. The van der Waals surface area contributed by atoms with Crippen LogP contribution >= 0.6 is 0 Å². The highest BCUT2D eigenvalue weighted by Crippen LogP contribution is 2.28. The van der Waals surface area contributed by atoms with Crippen molar-refractivity contribution in [3.8, 4) is 36.4 Å². The standard InChI is InChI=1S/C27H9N21/c28-1-10(19-37-13-7-34-16(4-31)40-25(13)46-19)22-43-23(11(2-29)20-38-14-8-35-17(5-32)41-26(14)47-20)45-24(44-22)12(3-30)21-39-15-9-36-18(6-33)42-27(15)48-21/h7-12H,(H,34,37,40,46)(H,35,38,41,47)(H,36,39,42,48). The van der Waals surface area contributed by atoms with Gasteiger partial charge in [-0.3, -0.25) is 0 Å². The molecule has 0 aliphatic heterocycles. The maximum atomic E-state index is 10.3. The van der Waals surface area contributed by atoms with E-state index in [0.717, 1.165) is 0 Å².